The first-order chi connectivity index (χ1) is 21.1. The maximum Gasteiger partial charge on any atom is 0.416 e. The Hall–Kier alpha value is -4.20. The molecule has 4 rings (SSSR count). The van der Waals surface area contributed by atoms with Crippen molar-refractivity contribution in [1.29, 1.82) is 0 Å². The molecule has 11 nitrogen and oxygen atoms in total. The second kappa shape index (κ2) is 13.4. The molecule has 3 heterocycles. The summed E-state index contributed by atoms with van der Waals surface area (Å²) in [5, 5.41) is 12.0. The van der Waals surface area contributed by atoms with Crippen molar-refractivity contribution in [2.75, 3.05) is 4.90 Å². The zero-order valence-corrected chi connectivity index (χ0v) is 27.7. The molecule has 1 amide bonds. The lowest BCUT2D eigenvalue weighted by Gasteiger charge is -2.37. The number of hydrogen-bond acceptors (Lipinski definition) is 9. The van der Waals surface area contributed by atoms with Crippen molar-refractivity contribution in [3.8, 4) is 11.3 Å². The Labute approximate surface area is 267 Å². The summed E-state index contributed by atoms with van der Waals surface area (Å²) in [6.45, 7) is 9.97. The Kier molecular flexibility index (Phi) is 10.1. The molecule has 1 unspecified atom stereocenters. The predicted octanol–water partition coefficient (Wildman–Crippen LogP) is 6.23. The molecule has 1 N–H and O–H groups in total. The van der Waals surface area contributed by atoms with Crippen LogP contribution in [0.2, 0.25) is 0 Å². The summed E-state index contributed by atoms with van der Waals surface area (Å²) in [6.07, 6.45) is 0.525. The largest absolute Gasteiger partial charge is 0.480 e. The van der Waals surface area contributed by atoms with Crippen molar-refractivity contribution in [1.82, 2.24) is 19.3 Å². The molecule has 238 valence electrons. The highest BCUT2D eigenvalue weighted by Gasteiger charge is 2.42. The van der Waals surface area contributed by atoms with Crippen LogP contribution in [-0.4, -0.2) is 56.5 Å². The number of carbonyl (C=O) groups is 2. The Morgan fingerprint density at radius 1 is 0.933 bits per heavy atom. The van der Waals surface area contributed by atoms with E-state index in [0.717, 1.165) is 21.7 Å². The average molecular weight is 652 g/mol. The molecular weight excluding hydrogens is 615 g/mol. The van der Waals surface area contributed by atoms with Crippen LogP contribution in [-0.2, 0) is 32.6 Å². The standard InChI is InChI=1S/C32H37N5O6S2/c1-31(2,3)28(29(38)39)37(30(40)43-32(4,5)6)26-11-9-10-24(35-26)19-36(45(41,42)27-12-7-8-17-33-27)18-22-13-15-23(16-14-22)25-20-44-21-34-25/h7-17,20-21,28H,18-19H2,1-6H3,(H,38,39). The topological polar surface area (TPSA) is 143 Å². The van der Waals surface area contributed by atoms with Gasteiger partial charge in [0.15, 0.2) is 5.03 Å². The van der Waals surface area contributed by atoms with Gasteiger partial charge in [-0.2, -0.15) is 4.31 Å². The Bertz CT molecular complexity index is 1720. The van der Waals surface area contributed by atoms with Gasteiger partial charge in [0.25, 0.3) is 10.0 Å². The fourth-order valence-electron chi connectivity index (χ4n) is 4.58. The minimum absolute atomic E-state index is 0.00230. The summed E-state index contributed by atoms with van der Waals surface area (Å²) in [6, 6.07) is 15.5. The van der Waals surface area contributed by atoms with Gasteiger partial charge in [0.2, 0.25) is 0 Å². The van der Waals surface area contributed by atoms with E-state index in [0.29, 0.717) is 0 Å². The molecule has 0 bridgehead atoms. The summed E-state index contributed by atoms with van der Waals surface area (Å²) in [7, 11) is -4.11. The third-order valence-corrected chi connectivity index (χ3v) is 8.86. The van der Waals surface area contributed by atoms with Gasteiger partial charge in [0.1, 0.15) is 17.5 Å². The molecule has 45 heavy (non-hydrogen) atoms. The molecule has 1 aromatic carbocycles. The number of nitrogens with zero attached hydrogens (tertiary/aromatic N) is 5. The van der Waals surface area contributed by atoms with Crippen LogP contribution in [0.4, 0.5) is 10.6 Å². The van der Waals surface area contributed by atoms with Crippen LogP contribution in [0, 0.1) is 5.41 Å². The van der Waals surface area contributed by atoms with Crippen LogP contribution in [0.5, 0.6) is 0 Å². The molecule has 0 radical (unpaired) electrons. The highest BCUT2D eigenvalue weighted by atomic mass is 32.2. The number of rotatable bonds is 10. The number of anilines is 1. The van der Waals surface area contributed by atoms with E-state index in [2.05, 4.69) is 15.0 Å². The van der Waals surface area contributed by atoms with Gasteiger partial charge in [0, 0.05) is 23.7 Å². The number of carboxylic acids is 1. The Morgan fingerprint density at radius 3 is 2.20 bits per heavy atom. The van der Waals surface area contributed by atoms with Crippen molar-refractivity contribution in [3.63, 3.8) is 0 Å². The first-order valence-corrected chi connectivity index (χ1v) is 16.5. The molecule has 0 aliphatic rings. The minimum Gasteiger partial charge on any atom is -0.480 e. The zero-order chi connectivity index (χ0) is 33.0. The SMILES string of the molecule is CC(C)(C)OC(=O)N(c1cccc(CN(Cc2ccc(-c3cscn3)cc2)S(=O)(=O)c2ccccn2)n1)C(C(=O)O)C(C)(C)C. The van der Waals surface area contributed by atoms with Crippen LogP contribution in [0.25, 0.3) is 11.3 Å². The number of sulfonamides is 1. The number of hydrogen-bond donors (Lipinski definition) is 1. The summed E-state index contributed by atoms with van der Waals surface area (Å²) < 4.78 is 34.6. The number of amides is 1. The van der Waals surface area contributed by atoms with Gasteiger partial charge in [-0.1, -0.05) is 57.2 Å². The maximum atomic E-state index is 13.9. The molecular formula is C32H37N5O6S2. The van der Waals surface area contributed by atoms with Gasteiger partial charge >= 0.3 is 12.1 Å². The number of thiazole rings is 1. The van der Waals surface area contributed by atoms with E-state index < -0.39 is 39.1 Å². The Morgan fingerprint density at radius 2 is 1.64 bits per heavy atom. The lowest BCUT2D eigenvalue weighted by molar-refractivity contribution is -0.141. The van der Waals surface area contributed by atoms with Crippen LogP contribution < -0.4 is 4.90 Å². The second-order valence-electron chi connectivity index (χ2n) is 12.5. The van der Waals surface area contributed by atoms with E-state index in [1.54, 1.807) is 71.3 Å². The first-order valence-electron chi connectivity index (χ1n) is 14.2. The van der Waals surface area contributed by atoms with E-state index in [1.165, 1.54) is 34.0 Å². The number of aliphatic carboxylic acids is 1. The van der Waals surface area contributed by atoms with Gasteiger partial charge in [-0.25, -0.2) is 37.9 Å². The van der Waals surface area contributed by atoms with Crippen molar-refractivity contribution in [2.45, 2.75) is 71.3 Å². The highest BCUT2D eigenvalue weighted by Crippen LogP contribution is 2.31. The summed E-state index contributed by atoms with van der Waals surface area (Å²) >= 11 is 1.49. The number of aromatic nitrogens is 3. The number of carbonyl (C=O) groups excluding carboxylic acids is 1. The fraction of sp³-hybridized carbons (Fsp3) is 0.344. The Balaban J connectivity index is 1.74. The van der Waals surface area contributed by atoms with Crippen LogP contribution >= 0.6 is 11.3 Å². The van der Waals surface area contributed by atoms with E-state index in [4.69, 9.17) is 4.74 Å². The molecule has 0 spiro atoms. The lowest BCUT2D eigenvalue weighted by atomic mass is 9.85. The third-order valence-electron chi connectivity index (χ3n) is 6.56. The highest BCUT2D eigenvalue weighted by molar-refractivity contribution is 7.89. The van der Waals surface area contributed by atoms with Crippen LogP contribution in [0.15, 0.2) is 82.8 Å². The van der Waals surface area contributed by atoms with Crippen LogP contribution in [0.3, 0.4) is 0 Å². The molecule has 0 aliphatic heterocycles. The van der Waals surface area contributed by atoms with E-state index >= 15 is 0 Å². The second-order valence-corrected chi connectivity index (χ2v) is 15.1. The van der Waals surface area contributed by atoms with Gasteiger partial charge in [-0.15, -0.1) is 11.3 Å². The van der Waals surface area contributed by atoms with Crippen LogP contribution in [0.1, 0.15) is 52.8 Å². The predicted molar refractivity (Wildman–Crippen MR) is 172 cm³/mol. The summed E-state index contributed by atoms with van der Waals surface area (Å²) in [5.41, 5.74) is 2.68. The smallest absolute Gasteiger partial charge is 0.416 e. The quantitative estimate of drug-likeness (QED) is 0.211. The molecule has 0 fully saturated rings. The number of ether oxygens (including phenoxy) is 1. The average Bonchev–Trinajstić information content (AvgIpc) is 3.50. The molecule has 0 aliphatic carbocycles. The summed E-state index contributed by atoms with van der Waals surface area (Å²) in [5.74, 6) is -1.21. The monoisotopic (exact) mass is 651 g/mol. The van der Waals surface area contributed by atoms with E-state index in [9.17, 15) is 23.1 Å². The molecule has 0 saturated carbocycles. The van der Waals surface area contributed by atoms with Gasteiger partial charge in [0.05, 0.1) is 23.4 Å². The molecule has 1 atom stereocenters. The number of benzene rings is 1. The normalized spacial score (nSPS) is 13.0. The van der Waals surface area contributed by atoms with Gasteiger partial charge in [-0.3, -0.25) is 0 Å². The minimum atomic E-state index is -4.11. The molecule has 0 saturated heterocycles. The summed E-state index contributed by atoms with van der Waals surface area (Å²) in [4.78, 5) is 40.0. The van der Waals surface area contributed by atoms with Crippen molar-refractivity contribution < 1.29 is 27.9 Å². The fourth-order valence-corrected chi connectivity index (χ4v) is 6.47. The molecule has 3 aromatic heterocycles. The number of carboxylic acid groups (broad SMARTS) is 1. The molecule has 13 heteroatoms. The van der Waals surface area contributed by atoms with E-state index in [-0.39, 0.29) is 29.6 Å². The zero-order valence-electron chi connectivity index (χ0n) is 26.0. The van der Waals surface area contributed by atoms with Crippen molar-refractivity contribution in [3.05, 3.63) is 89.0 Å². The van der Waals surface area contributed by atoms with Gasteiger partial charge in [-0.05, 0) is 56.0 Å². The van der Waals surface area contributed by atoms with Gasteiger partial charge < -0.3 is 9.84 Å². The van der Waals surface area contributed by atoms with Crippen molar-refractivity contribution in [2.24, 2.45) is 5.41 Å². The molecule has 4 aromatic rings. The van der Waals surface area contributed by atoms with Crippen molar-refractivity contribution >= 4 is 39.2 Å². The first kappa shape index (κ1) is 33.7. The third kappa shape index (κ3) is 8.50. The lowest BCUT2D eigenvalue weighted by Crippen LogP contribution is -2.54. The number of pyridine rings is 2. The van der Waals surface area contributed by atoms with E-state index in [1.807, 2.05) is 29.6 Å². The maximum absolute atomic E-state index is 13.9.